The van der Waals surface area contributed by atoms with Crippen LogP contribution in [0.5, 0.6) is 0 Å². The molecule has 1 unspecified atom stereocenters. The Morgan fingerprint density at radius 2 is 1.91 bits per heavy atom. The van der Waals surface area contributed by atoms with E-state index in [4.69, 9.17) is 4.42 Å². The maximum absolute atomic E-state index is 5.91. The van der Waals surface area contributed by atoms with E-state index >= 15 is 0 Å². The lowest BCUT2D eigenvalue weighted by molar-refractivity contribution is 0.383. The van der Waals surface area contributed by atoms with E-state index in [0.717, 1.165) is 16.6 Å². The van der Waals surface area contributed by atoms with E-state index in [1.54, 1.807) is 18.1 Å². The maximum atomic E-state index is 5.91. The largest absolute Gasteiger partial charge is 0.444 e. The van der Waals surface area contributed by atoms with Crippen LogP contribution in [0, 0.1) is 0 Å². The molecule has 0 radical (unpaired) electrons. The van der Waals surface area contributed by atoms with Gasteiger partial charge in [0.15, 0.2) is 5.16 Å². The fourth-order valence-corrected chi connectivity index (χ4v) is 2.99. The highest BCUT2D eigenvalue weighted by Gasteiger charge is 2.23. The molecule has 0 N–H and O–H groups in total. The number of hydrogen-bond acceptors (Lipinski definition) is 5. The molecule has 0 fully saturated rings. The van der Waals surface area contributed by atoms with Crippen LogP contribution in [0.2, 0.25) is 0 Å². The molecular weight excluding hydrogens is 308 g/mol. The third-order valence-electron chi connectivity index (χ3n) is 3.44. The van der Waals surface area contributed by atoms with E-state index in [2.05, 4.69) is 42.9 Å². The van der Waals surface area contributed by atoms with Crippen molar-refractivity contribution in [3.8, 4) is 5.69 Å². The molecule has 120 valence electrons. The Balaban J connectivity index is 1.80. The molecule has 2 heterocycles. The van der Waals surface area contributed by atoms with Crippen molar-refractivity contribution in [3.05, 3.63) is 54.5 Å². The molecule has 23 heavy (non-hydrogen) atoms. The molecule has 2 aromatic heterocycles. The van der Waals surface area contributed by atoms with Crippen LogP contribution in [0.1, 0.15) is 44.6 Å². The number of benzene rings is 1. The van der Waals surface area contributed by atoms with Gasteiger partial charge in [-0.05, 0) is 19.1 Å². The molecule has 1 atom stereocenters. The van der Waals surface area contributed by atoms with Crippen LogP contribution in [-0.4, -0.2) is 19.7 Å². The Kier molecular flexibility index (Phi) is 4.26. The molecule has 0 aliphatic heterocycles. The van der Waals surface area contributed by atoms with E-state index < -0.39 is 0 Å². The second-order valence-electron chi connectivity index (χ2n) is 6.39. The monoisotopic (exact) mass is 328 g/mol. The first-order valence-corrected chi connectivity index (χ1v) is 8.41. The smallest absolute Gasteiger partial charge is 0.207 e. The second kappa shape index (κ2) is 6.20. The van der Waals surface area contributed by atoms with E-state index in [1.165, 1.54) is 0 Å². The van der Waals surface area contributed by atoms with Crippen molar-refractivity contribution in [1.82, 2.24) is 19.7 Å². The van der Waals surface area contributed by atoms with E-state index in [1.807, 2.05) is 41.1 Å². The zero-order chi connectivity index (χ0) is 16.4. The summed E-state index contributed by atoms with van der Waals surface area (Å²) in [5.41, 5.74) is 0.995. The molecule has 0 spiro atoms. The normalized spacial score (nSPS) is 13.2. The van der Waals surface area contributed by atoms with Crippen LogP contribution >= 0.6 is 11.8 Å². The van der Waals surface area contributed by atoms with Crippen LogP contribution < -0.4 is 0 Å². The Hall–Kier alpha value is -2.08. The Morgan fingerprint density at radius 1 is 1.17 bits per heavy atom. The summed E-state index contributed by atoms with van der Waals surface area (Å²) in [6.07, 6.45) is 3.54. The number of hydrogen-bond donors (Lipinski definition) is 0. The van der Waals surface area contributed by atoms with Crippen molar-refractivity contribution in [2.75, 3.05) is 0 Å². The van der Waals surface area contributed by atoms with Crippen molar-refractivity contribution < 1.29 is 4.42 Å². The molecule has 5 nitrogen and oxygen atoms in total. The standard InChI is InChI=1S/C17H20N4OS/c1-12(15-18-10-14(22-15)17(2,3)4)23-16-20-19-11-21(16)13-8-6-5-7-9-13/h5-12H,1-4H3. The predicted molar refractivity (Wildman–Crippen MR) is 90.8 cm³/mol. The van der Waals surface area contributed by atoms with Crippen molar-refractivity contribution in [3.63, 3.8) is 0 Å². The molecule has 0 amide bonds. The van der Waals surface area contributed by atoms with Gasteiger partial charge in [-0.1, -0.05) is 50.7 Å². The quantitative estimate of drug-likeness (QED) is 0.664. The fourth-order valence-electron chi connectivity index (χ4n) is 2.10. The third-order valence-corrected chi connectivity index (χ3v) is 4.49. The average Bonchev–Trinajstić information content (AvgIpc) is 3.16. The Labute approximate surface area is 140 Å². The summed E-state index contributed by atoms with van der Waals surface area (Å²) in [4.78, 5) is 4.42. The minimum atomic E-state index is -0.0420. The first kappa shape index (κ1) is 15.8. The molecule has 3 aromatic rings. The highest BCUT2D eigenvalue weighted by Crippen LogP contribution is 2.35. The lowest BCUT2D eigenvalue weighted by atomic mass is 9.94. The fraction of sp³-hybridized carbons (Fsp3) is 0.353. The summed E-state index contributed by atoms with van der Waals surface area (Å²) in [5.74, 6) is 1.60. The predicted octanol–water partition coefficient (Wildman–Crippen LogP) is 4.41. The number of rotatable bonds is 4. The van der Waals surface area contributed by atoms with Gasteiger partial charge in [0.1, 0.15) is 12.1 Å². The zero-order valence-electron chi connectivity index (χ0n) is 13.7. The number of thioether (sulfide) groups is 1. The van der Waals surface area contributed by atoms with Crippen molar-refractivity contribution in [2.24, 2.45) is 0 Å². The lowest BCUT2D eigenvalue weighted by Gasteiger charge is -2.14. The van der Waals surface area contributed by atoms with Gasteiger partial charge in [0, 0.05) is 11.1 Å². The first-order chi connectivity index (χ1) is 10.9. The Morgan fingerprint density at radius 3 is 2.57 bits per heavy atom. The van der Waals surface area contributed by atoms with Crippen molar-refractivity contribution in [2.45, 2.75) is 43.5 Å². The summed E-state index contributed by atoms with van der Waals surface area (Å²) < 4.78 is 7.88. The van der Waals surface area contributed by atoms with Gasteiger partial charge in [0.05, 0.1) is 11.4 Å². The van der Waals surface area contributed by atoms with Gasteiger partial charge >= 0.3 is 0 Å². The average molecular weight is 328 g/mol. The summed E-state index contributed by atoms with van der Waals surface area (Å²) >= 11 is 1.58. The molecule has 6 heteroatoms. The van der Waals surface area contributed by atoms with Gasteiger partial charge in [-0.15, -0.1) is 10.2 Å². The summed E-state index contributed by atoms with van der Waals surface area (Å²) in [5, 5.41) is 9.12. The highest BCUT2D eigenvalue weighted by atomic mass is 32.2. The van der Waals surface area contributed by atoms with Crippen LogP contribution in [0.3, 0.4) is 0 Å². The number of oxazole rings is 1. The van der Waals surface area contributed by atoms with Crippen LogP contribution in [-0.2, 0) is 5.41 Å². The SMILES string of the molecule is CC(Sc1nncn1-c1ccccc1)c1ncc(C(C)(C)C)o1. The lowest BCUT2D eigenvalue weighted by Crippen LogP contribution is -2.09. The summed E-state index contributed by atoms with van der Waals surface area (Å²) in [6.45, 7) is 8.40. The molecule has 0 saturated carbocycles. The van der Waals surface area contributed by atoms with Crippen molar-refractivity contribution >= 4 is 11.8 Å². The van der Waals surface area contributed by atoms with E-state index in [9.17, 15) is 0 Å². The molecule has 3 rings (SSSR count). The van der Waals surface area contributed by atoms with Gasteiger partial charge in [-0.25, -0.2) is 4.98 Å². The zero-order valence-corrected chi connectivity index (χ0v) is 14.5. The van der Waals surface area contributed by atoms with E-state index in [-0.39, 0.29) is 10.7 Å². The molecule has 0 aliphatic carbocycles. The molecule has 0 aliphatic rings. The van der Waals surface area contributed by atoms with Gasteiger partial charge in [-0.2, -0.15) is 0 Å². The topological polar surface area (TPSA) is 56.7 Å². The van der Waals surface area contributed by atoms with Gasteiger partial charge < -0.3 is 4.42 Å². The molecular formula is C17H20N4OS. The molecule has 1 aromatic carbocycles. The van der Waals surface area contributed by atoms with Crippen LogP contribution in [0.15, 0.2) is 52.4 Å². The molecule has 0 bridgehead atoms. The minimum absolute atomic E-state index is 0.0420. The summed E-state index contributed by atoms with van der Waals surface area (Å²) in [7, 11) is 0. The number of aromatic nitrogens is 4. The molecule has 0 saturated heterocycles. The number of para-hydroxylation sites is 1. The van der Waals surface area contributed by atoms with Crippen LogP contribution in [0.25, 0.3) is 5.69 Å². The van der Waals surface area contributed by atoms with Crippen LogP contribution in [0.4, 0.5) is 0 Å². The van der Waals surface area contributed by atoms with Gasteiger partial charge in [0.25, 0.3) is 0 Å². The summed E-state index contributed by atoms with van der Waals surface area (Å²) in [6, 6.07) is 10.0. The minimum Gasteiger partial charge on any atom is -0.444 e. The third kappa shape index (κ3) is 3.47. The van der Waals surface area contributed by atoms with Crippen molar-refractivity contribution in [1.29, 1.82) is 0 Å². The van der Waals surface area contributed by atoms with Gasteiger partial charge in [-0.3, -0.25) is 4.57 Å². The first-order valence-electron chi connectivity index (χ1n) is 7.53. The number of nitrogens with zero attached hydrogens (tertiary/aromatic N) is 4. The second-order valence-corrected chi connectivity index (χ2v) is 7.70. The van der Waals surface area contributed by atoms with Gasteiger partial charge in [0.2, 0.25) is 5.89 Å². The van der Waals surface area contributed by atoms with E-state index in [0.29, 0.717) is 5.89 Å². The maximum Gasteiger partial charge on any atom is 0.207 e. The Bertz CT molecular complexity index is 773. The highest BCUT2D eigenvalue weighted by molar-refractivity contribution is 7.99.